The molecule has 10 aromatic rings. The number of hydrogen-bond acceptors (Lipinski definition) is 4. The first kappa shape index (κ1) is 47.5. The van der Waals surface area contributed by atoms with Crippen molar-refractivity contribution < 1.29 is 18.9 Å². The van der Waals surface area contributed by atoms with E-state index < -0.39 is 10.8 Å². The third-order valence-corrected chi connectivity index (χ3v) is 14.8. The van der Waals surface area contributed by atoms with E-state index in [4.69, 9.17) is 44.6 Å². The highest BCUT2D eigenvalue weighted by Crippen LogP contribution is 2.58. The lowest BCUT2D eigenvalue weighted by molar-refractivity contribution is 0.315. The van der Waals surface area contributed by atoms with Crippen LogP contribution in [0, 0.1) is 49.4 Å². The highest BCUT2D eigenvalue weighted by atomic mass is 16.5. The molecule has 2 aliphatic rings. The average molecular weight is 967 g/mol. The zero-order valence-corrected chi connectivity index (χ0v) is 40.4. The van der Waals surface area contributed by atoms with E-state index in [0.29, 0.717) is 23.0 Å². The Kier molecular flexibility index (Phi) is 12.4. The van der Waals surface area contributed by atoms with Gasteiger partial charge < -0.3 is 18.9 Å². The Hall–Kier alpha value is -9.84. The van der Waals surface area contributed by atoms with Crippen molar-refractivity contribution >= 4 is 21.5 Å². The second-order valence-electron chi connectivity index (χ2n) is 18.5. The van der Waals surface area contributed by atoms with Crippen molar-refractivity contribution in [3.05, 3.63) is 251 Å². The van der Waals surface area contributed by atoms with Gasteiger partial charge in [-0.15, -0.1) is 25.7 Å². The van der Waals surface area contributed by atoms with E-state index in [0.717, 1.165) is 54.9 Å². The average Bonchev–Trinajstić information content (AvgIpc) is 3.94. The monoisotopic (exact) mass is 966 g/mol. The summed E-state index contributed by atoms with van der Waals surface area (Å²) in [6.07, 6.45) is 22.4. The molecule has 0 atom stereocenters. The predicted molar refractivity (Wildman–Crippen MR) is 306 cm³/mol. The van der Waals surface area contributed by atoms with Crippen molar-refractivity contribution in [2.24, 2.45) is 0 Å². The van der Waals surface area contributed by atoms with Crippen LogP contribution in [0.25, 0.3) is 54.9 Å². The molecule has 358 valence electrons. The summed E-state index contributed by atoms with van der Waals surface area (Å²) in [7, 11) is 0. The summed E-state index contributed by atoms with van der Waals surface area (Å²) >= 11 is 0. The minimum Gasteiger partial charge on any atom is -0.477 e. The first-order valence-corrected chi connectivity index (χ1v) is 24.5. The molecule has 0 heterocycles. The van der Waals surface area contributed by atoms with Crippen LogP contribution in [-0.4, -0.2) is 26.4 Å². The van der Waals surface area contributed by atoms with Gasteiger partial charge in [-0.25, -0.2) is 0 Å². The van der Waals surface area contributed by atoms with Crippen LogP contribution in [0.2, 0.25) is 0 Å². The molecule has 0 aliphatic heterocycles. The van der Waals surface area contributed by atoms with E-state index >= 15 is 0 Å². The Labute approximate surface area is 439 Å². The molecule has 75 heavy (non-hydrogen) atoms. The maximum atomic E-state index is 6.03. The molecule has 0 radical (unpaired) electrons. The lowest BCUT2D eigenvalue weighted by Crippen LogP contribution is -2.28. The van der Waals surface area contributed by atoms with Gasteiger partial charge in [-0.05, 0) is 136 Å². The first-order chi connectivity index (χ1) is 36.5. The van der Waals surface area contributed by atoms with E-state index in [1.807, 2.05) is 24.3 Å². The minimum absolute atomic E-state index is 0. The molecule has 0 bridgehead atoms. The Morgan fingerprint density at radius 3 is 0.853 bits per heavy atom. The van der Waals surface area contributed by atoms with E-state index in [2.05, 4.69) is 206 Å². The number of terminal acetylenes is 4. The molecule has 0 N–H and O–H groups in total. The van der Waals surface area contributed by atoms with Gasteiger partial charge in [0.2, 0.25) is 0 Å². The second kappa shape index (κ2) is 19.6. The van der Waals surface area contributed by atoms with E-state index in [1.54, 1.807) is 0 Å². The molecular weight excluding hydrogens is 917 g/mol. The van der Waals surface area contributed by atoms with Gasteiger partial charge in [-0.3, -0.25) is 0 Å². The third-order valence-electron chi connectivity index (χ3n) is 14.8. The zero-order chi connectivity index (χ0) is 50.2. The van der Waals surface area contributed by atoms with E-state index in [9.17, 15) is 0 Å². The second-order valence-corrected chi connectivity index (χ2v) is 18.5. The van der Waals surface area contributed by atoms with Crippen molar-refractivity contribution in [2.45, 2.75) is 18.3 Å². The summed E-state index contributed by atoms with van der Waals surface area (Å²) in [6, 6.07) is 74.7. The quantitative estimate of drug-likeness (QED) is 0.108. The molecule has 4 heteroatoms. The molecule has 0 spiro atoms. The van der Waals surface area contributed by atoms with Crippen LogP contribution in [0.1, 0.15) is 51.9 Å². The van der Waals surface area contributed by atoms with Crippen LogP contribution in [0.3, 0.4) is 0 Å². The van der Waals surface area contributed by atoms with Crippen molar-refractivity contribution in [1.29, 1.82) is 0 Å². The Balaban J connectivity index is 0.00000602. The third kappa shape index (κ3) is 7.64. The number of benzene rings is 10. The van der Waals surface area contributed by atoms with Gasteiger partial charge in [0.25, 0.3) is 0 Å². The fourth-order valence-electron chi connectivity index (χ4n) is 11.8. The van der Waals surface area contributed by atoms with Crippen LogP contribution in [0.5, 0.6) is 23.0 Å². The maximum absolute atomic E-state index is 6.03. The fourth-order valence-corrected chi connectivity index (χ4v) is 11.8. The number of rotatable bonds is 13. The van der Waals surface area contributed by atoms with E-state index in [1.165, 1.54) is 44.5 Å². The number of hydrogen-bond donors (Lipinski definition) is 0. The standard InChI is InChI=1S/C70H46O4.CH4/c1-5-37-71-65-43-49-29-35-55(41-51(49)45-67(65)73-39-7-3)69(61-21-13-9-17-57(61)58-18-10-14-22-62(58)69)53-31-25-47(26-32-53)48-27-33-54(34-28-48)70(63-23-15-11-19-59(63)60-20-12-16-24-64(60)70)56-36-30-50-44-66(72-38-6-2)68(74-40-8-4)46-52(50)42-56;/h1-4,9-36,41-46H,37-40H2;1H4. The summed E-state index contributed by atoms with van der Waals surface area (Å²) in [5.74, 6) is 12.5. The van der Waals surface area contributed by atoms with Gasteiger partial charge in [0.1, 0.15) is 26.4 Å². The molecule has 0 amide bonds. The molecular formula is C71H50O4. The van der Waals surface area contributed by atoms with Crippen molar-refractivity contribution in [1.82, 2.24) is 0 Å². The summed E-state index contributed by atoms with van der Waals surface area (Å²) in [5, 5.41) is 3.98. The summed E-state index contributed by atoms with van der Waals surface area (Å²) in [5.41, 5.74) is 15.3. The van der Waals surface area contributed by atoms with Crippen LogP contribution in [0.4, 0.5) is 0 Å². The zero-order valence-electron chi connectivity index (χ0n) is 40.4. The van der Waals surface area contributed by atoms with Gasteiger partial charge in [0.15, 0.2) is 23.0 Å². The molecule has 0 fully saturated rings. The summed E-state index contributed by atoms with van der Waals surface area (Å²) < 4.78 is 23.9. The van der Waals surface area contributed by atoms with Gasteiger partial charge in [-0.1, -0.05) is 201 Å². The molecule has 0 aromatic heterocycles. The highest BCUT2D eigenvalue weighted by Gasteiger charge is 2.47. The Morgan fingerprint density at radius 2 is 0.560 bits per heavy atom. The summed E-state index contributed by atoms with van der Waals surface area (Å²) in [6.45, 7) is 0.423. The lowest BCUT2D eigenvalue weighted by Gasteiger charge is -2.34. The smallest absolute Gasteiger partial charge is 0.163 e. The number of fused-ring (bicyclic) bond motifs is 8. The van der Waals surface area contributed by atoms with Crippen LogP contribution >= 0.6 is 0 Å². The maximum Gasteiger partial charge on any atom is 0.163 e. The van der Waals surface area contributed by atoms with Gasteiger partial charge in [-0.2, -0.15) is 0 Å². The topological polar surface area (TPSA) is 36.9 Å². The SMILES string of the molecule is C.C#CCOc1cc2ccc(C3(c4ccc(-c5ccc(C6(c7ccc8cc(OCC#C)c(OCC#C)cc8c7)c7ccccc7-c7ccccc76)cc5)cc4)c4ccccc4-c4ccccc43)cc2cc1OCC#C. The van der Waals surface area contributed by atoms with Crippen molar-refractivity contribution in [3.63, 3.8) is 0 Å². The molecule has 10 aromatic carbocycles. The molecule has 0 unspecified atom stereocenters. The highest BCUT2D eigenvalue weighted by molar-refractivity contribution is 5.93. The van der Waals surface area contributed by atoms with Crippen molar-refractivity contribution in [3.8, 4) is 106 Å². The van der Waals surface area contributed by atoms with Crippen LogP contribution < -0.4 is 18.9 Å². The van der Waals surface area contributed by atoms with Gasteiger partial charge >= 0.3 is 0 Å². The van der Waals surface area contributed by atoms with E-state index in [-0.39, 0.29) is 33.9 Å². The fraction of sp³-hybridized carbons (Fsp3) is 0.0986. The molecule has 2 aliphatic carbocycles. The minimum atomic E-state index is -0.637. The molecule has 4 nitrogen and oxygen atoms in total. The lowest BCUT2D eigenvalue weighted by atomic mass is 9.67. The largest absolute Gasteiger partial charge is 0.477 e. The predicted octanol–water partition coefficient (Wildman–Crippen LogP) is 15.1. The molecule has 12 rings (SSSR count). The van der Waals surface area contributed by atoms with Crippen LogP contribution in [0.15, 0.2) is 206 Å². The Morgan fingerprint density at radius 1 is 0.293 bits per heavy atom. The normalized spacial score (nSPS) is 12.8. The number of ether oxygens (including phenoxy) is 4. The van der Waals surface area contributed by atoms with Crippen LogP contribution in [-0.2, 0) is 10.8 Å². The molecule has 0 saturated heterocycles. The first-order valence-electron chi connectivity index (χ1n) is 24.5. The van der Waals surface area contributed by atoms with Gasteiger partial charge in [0.05, 0.1) is 10.8 Å². The molecule has 0 saturated carbocycles. The summed E-state index contributed by atoms with van der Waals surface area (Å²) in [4.78, 5) is 0. The van der Waals surface area contributed by atoms with Gasteiger partial charge in [0, 0.05) is 0 Å². The Bertz CT molecular complexity index is 3660. The van der Waals surface area contributed by atoms with Crippen molar-refractivity contribution in [2.75, 3.05) is 26.4 Å².